The summed E-state index contributed by atoms with van der Waals surface area (Å²) in [5.74, 6) is -2.16. The van der Waals surface area contributed by atoms with E-state index in [9.17, 15) is 43.2 Å². The SMILES string of the molecule is CC/C=C\C/C=C\C/C=C\C/C=C\CCCCCCCCC(=O)OCC(COP(=O)(O)OCC(O)COP(=O)(O)OCC(COC(=O)CCCCCCCCCCCCCCCCC)OC(=O)CCCCCCCCCCCCC)OC(=O)CCCCCCC/C=C\CCCCCC. The first-order valence-corrected chi connectivity index (χ1v) is 42.5. The quantitative estimate of drug-likeness (QED) is 0.0169. The van der Waals surface area contributed by atoms with Gasteiger partial charge in [-0.1, -0.05) is 307 Å². The number of hydrogen-bond donors (Lipinski definition) is 3. The van der Waals surface area contributed by atoms with Gasteiger partial charge in [-0.3, -0.25) is 37.3 Å². The highest BCUT2D eigenvalue weighted by Gasteiger charge is 2.30. The van der Waals surface area contributed by atoms with Crippen LogP contribution in [0.1, 0.15) is 362 Å². The van der Waals surface area contributed by atoms with Gasteiger partial charge < -0.3 is 33.8 Å². The normalized spacial score (nSPS) is 14.2. The van der Waals surface area contributed by atoms with E-state index >= 15 is 0 Å². The third-order valence-corrected chi connectivity index (χ3v) is 18.9. The zero-order chi connectivity index (χ0) is 71.8. The van der Waals surface area contributed by atoms with Gasteiger partial charge in [0.05, 0.1) is 26.4 Å². The monoisotopic (exact) mass is 1430 g/mol. The first kappa shape index (κ1) is 94.8. The predicted molar refractivity (Wildman–Crippen MR) is 400 cm³/mol. The zero-order valence-electron chi connectivity index (χ0n) is 62.5. The number of allylic oxidation sites excluding steroid dienone is 10. The molecule has 19 heteroatoms. The van der Waals surface area contributed by atoms with Gasteiger partial charge in [-0.15, -0.1) is 0 Å². The largest absolute Gasteiger partial charge is 0.472 e. The van der Waals surface area contributed by atoms with Crippen LogP contribution in [0.2, 0.25) is 0 Å². The molecule has 5 atom stereocenters. The summed E-state index contributed by atoms with van der Waals surface area (Å²) in [6.07, 6.45) is 70.6. The van der Waals surface area contributed by atoms with Crippen LogP contribution in [0.15, 0.2) is 60.8 Å². The van der Waals surface area contributed by atoms with E-state index in [-0.39, 0.29) is 25.7 Å². The van der Waals surface area contributed by atoms with Crippen LogP contribution in [-0.4, -0.2) is 96.7 Å². The molecular formula is C79H144O17P2. The average Bonchev–Trinajstić information content (AvgIpc) is 0.972. The van der Waals surface area contributed by atoms with Gasteiger partial charge in [0.25, 0.3) is 0 Å². The van der Waals surface area contributed by atoms with E-state index < -0.39 is 97.5 Å². The molecule has 3 N–H and O–H groups in total. The highest BCUT2D eigenvalue weighted by atomic mass is 31.2. The number of phosphoric ester groups is 2. The summed E-state index contributed by atoms with van der Waals surface area (Å²) in [5, 5.41) is 10.6. The molecule has 17 nitrogen and oxygen atoms in total. The summed E-state index contributed by atoms with van der Waals surface area (Å²) < 4.78 is 68.5. The topological polar surface area (TPSA) is 237 Å². The van der Waals surface area contributed by atoms with Gasteiger partial charge in [0, 0.05) is 25.7 Å². The second kappa shape index (κ2) is 72.1. The van der Waals surface area contributed by atoms with E-state index in [1.165, 1.54) is 135 Å². The Morgan fingerprint density at radius 2 is 0.531 bits per heavy atom. The van der Waals surface area contributed by atoms with Gasteiger partial charge in [0.1, 0.15) is 19.3 Å². The van der Waals surface area contributed by atoms with Crippen LogP contribution in [-0.2, 0) is 65.4 Å². The van der Waals surface area contributed by atoms with Crippen molar-refractivity contribution in [2.24, 2.45) is 0 Å². The van der Waals surface area contributed by atoms with Crippen LogP contribution in [0.3, 0.4) is 0 Å². The Balaban J connectivity index is 5.28. The molecule has 0 aliphatic carbocycles. The summed E-state index contributed by atoms with van der Waals surface area (Å²) in [6.45, 7) is 4.78. The maximum Gasteiger partial charge on any atom is 0.472 e. The van der Waals surface area contributed by atoms with Gasteiger partial charge in [-0.25, -0.2) is 9.13 Å². The molecule has 0 radical (unpaired) electrons. The molecule has 5 unspecified atom stereocenters. The van der Waals surface area contributed by atoms with Crippen molar-refractivity contribution in [1.82, 2.24) is 0 Å². The highest BCUT2D eigenvalue weighted by Crippen LogP contribution is 2.45. The molecule has 0 saturated carbocycles. The third kappa shape index (κ3) is 71.2. The van der Waals surface area contributed by atoms with Crippen molar-refractivity contribution >= 4 is 39.5 Å². The molecule has 0 spiro atoms. The van der Waals surface area contributed by atoms with Crippen molar-refractivity contribution in [2.75, 3.05) is 39.6 Å². The van der Waals surface area contributed by atoms with Crippen molar-refractivity contribution < 1.29 is 80.2 Å². The maximum absolute atomic E-state index is 13.1. The Hall–Kier alpha value is -3.24. The van der Waals surface area contributed by atoms with Crippen LogP contribution in [0, 0.1) is 0 Å². The Morgan fingerprint density at radius 3 is 0.837 bits per heavy atom. The molecule has 0 heterocycles. The standard InChI is InChI=1S/C79H144O17P2/c1-5-9-13-17-21-25-29-32-34-35-36-37-39-42-45-48-52-56-60-64-77(82)90-70-75(96-79(84)66-62-58-54-50-46-40-31-27-23-19-15-11-7-3)72-94-98(87,88)92-68-73(80)67-91-97(85,86)93-71-74(95-78(83)65-61-57-53-49-43-28-24-20-16-12-8-4)69-89-76(81)63-59-55-51-47-44-41-38-33-30-26-22-18-14-10-6-2/h9,13,21,25,27,31-32,34,36-37,73-75,80H,5-8,10-12,14-20,22-24,26,28-30,33,35,38-72H2,1-4H3,(H,85,86)(H,87,88)/b13-9-,25-21-,31-27-,34-32-,37-36-. The molecule has 0 fully saturated rings. The highest BCUT2D eigenvalue weighted by molar-refractivity contribution is 7.47. The van der Waals surface area contributed by atoms with Crippen molar-refractivity contribution in [3.8, 4) is 0 Å². The Morgan fingerprint density at radius 1 is 0.296 bits per heavy atom. The molecular weight excluding hydrogens is 1280 g/mol. The van der Waals surface area contributed by atoms with Gasteiger partial charge in [0.15, 0.2) is 12.2 Å². The molecule has 572 valence electrons. The van der Waals surface area contributed by atoms with Gasteiger partial charge in [-0.05, 0) is 89.9 Å². The van der Waals surface area contributed by atoms with Gasteiger partial charge in [0.2, 0.25) is 0 Å². The van der Waals surface area contributed by atoms with Crippen LogP contribution >= 0.6 is 15.6 Å². The van der Waals surface area contributed by atoms with Crippen LogP contribution in [0.4, 0.5) is 0 Å². The number of phosphoric acid groups is 2. The lowest BCUT2D eigenvalue weighted by atomic mass is 10.0. The summed E-state index contributed by atoms with van der Waals surface area (Å²) >= 11 is 0. The molecule has 98 heavy (non-hydrogen) atoms. The Labute approximate surface area is 597 Å². The molecule has 0 aliphatic rings. The summed E-state index contributed by atoms with van der Waals surface area (Å²) in [5.41, 5.74) is 0. The molecule has 0 aromatic carbocycles. The molecule has 0 aromatic heterocycles. The first-order valence-electron chi connectivity index (χ1n) is 39.5. The fraction of sp³-hybridized carbons (Fsp3) is 0.823. The van der Waals surface area contributed by atoms with Crippen LogP contribution in [0.5, 0.6) is 0 Å². The summed E-state index contributed by atoms with van der Waals surface area (Å²) in [7, 11) is -9.93. The number of hydrogen-bond acceptors (Lipinski definition) is 15. The third-order valence-electron chi connectivity index (χ3n) is 17.0. The number of aliphatic hydroxyl groups excluding tert-OH is 1. The van der Waals surface area contributed by atoms with Gasteiger partial charge in [-0.2, -0.15) is 0 Å². The van der Waals surface area contributed by atoms with Gasteiger partial charge >= 0.3 is 39.5 Å². The minimum absolute atomic E-state index is 0.0851. The minimum atomic E-state index is -4.97. The van der Waals surface area contributed by atoms with Crippen molar-refractivity contribution in [3.63, 3.8) is 0 Å². The fourth-order valence-electron chi connectivity index (χ4n) is 11.0. The number of rotatable bonds is 75. The Kier molecular flexibility index (Phi) is 69.7. The number of aliphatic hydroxyl groups is 1. The molecule has 0 bridgehead atoms. The number of esters is 4. The van der Waals surface area contributed by atoms with E-state index in [2.05, 4.69) is 88.5 Å². The van der Waals surface area contributed by atoms with Crippen LogP contribution < -0.4 is 0 Å². The number of ether oxygens (including phenoxy) is 4. The lowest BCUT2D eigenvalue weighted by molar-refractivity contribution is -0.161. The second-order valence-corrected chi connectivity index (χ2v) is 29.5. The maximum atomic E-state index is 13.1. The fourth-order valence-corrected chi connectivity index (χ4v) is 12.6. The Bertz CT molecular complexity index is 2100. The van der Waals surface area contributed by atoms with E-state index in [0.29, 0.717) is 25.7 Å². The van der Waals surface area contributed by atoms with E-state index in [0.717, 1.165) is 148 Å². The average molecular weight is 1430 g/mol. The second-order valence-electron chi connectivity index (χ2n) is 26.6. The molecule has 0 saturated heterocycles. The van der Waals surface area contributed by atoms with E-state index in [4.69, 9.17) is 37.0 Å². The van der Waals surface area contributed by atoms with Crippen molar-refractivity contribution in [1.29, 1.82) is 0 Å². The molecule has 0 amide bonds. The van der Waals surface area contributed by atoms with E-state index in [1.54, 1.807) is 0 Å². The molecule has 0 aromatic rings. The predicted octanol–water partition coefficient (Wildman–Crippen LogP) is 22.7. The lowest BCUT2D eigenvalue weighted by Gasteiger charge is -2.21. The zero-order valence-corrected chi connectivity index (χ0v) is 64.3. The minimum Gasteiger partial charge on any atom is -0.462 e. The van der Waals surface area contributed by atoms with Crippen molar-refractivity contribution in [2.45, 2.75) is 380 Å². The lowest BCUT2D eigenvalue weighted by Crippen LogP contribution is -2.30. The molecule has 0 aliphatic heterocycles. The summed E-state index contributed by atoms with van der Waals surface area (Å²) in [4.78, 5) is 72.9. The summed E-state index contributed by atoms with van der Waals surface area (Å²) in [6, 6.07) is 0. The molecule has 0 rings (SSSR count). The van der Waals surface area contributed by atoms with E-state index in [1.807, 2.05) is 0 Å². The number of carbonyl (C=O) groups is 4. The number of unbranched alkanes of at least 4 members (excludes halogenated alkanes) is 39. The van der Waals surface area contributed by atoms with Crippen molar-refractivity contribution in [3.05, 3.63) is 60.8 Å². The first-order chi connectivity index (χ1) is 47.7. The number of carbonyl (C=O) groups excluding carboxylic acids is 4. The van der Waals surface area contributed by atoms with Crippen LogP contribution in [0.25, 0.3) is 0 Å². The smallest absolute Gasteiger partial charge is 0.462 e.